The van der Waals surface area contributed by atoms with Crippen molar-refractivity contribution in [2.24, 2.45) is 4.99 Å². The first-order valence-corrected chi connectivity index (χ1v) is 7.91. The normalized spacial score (nSPS) is 12.1. The Kier molecular flexibility index (Phi) is 11.6. The predicted octanol–water partition coefficient (Wildman–Crippen LogP) is 3.57. The molecule has 0 amide bonds. The SMILES string of the molecule is CCCOc1ccc(CNC(=NC)NC(C)CC)cc1OC.I. The highest BCUT2D eigenvalue weighted by molar-refractivity contribution is 14.0. The van der Waals surface area contributed by atoms with Crippen molar-refractivity contribution in [1.29, 1.82) is 0 Å². The first-order chi connectivity index (χ1) is 10.6. The van der Waals surface area contributed by atoms with Gasteiger partial charge in [0.2, 0.25) is 0 Å². The molecule has 0 bridgehead atoms. The quantitative estimate of drug-likeness (QED) is 0.373. The molecule has 0 spiro atoms. The number of hydrogen-bond acceptors (Lipinski definition) is 3. The third-order valence-electron chi connectivity index (χ3n) is 3.37. The summed E-state index contributed by atoms with van der Waals surface area (Å²) in [5.74, 6) is 2.35. The molecule has 0 saturated carbocycles. The summed E-state index contributed by atoms with van der Waals surface area (Å²) >= 11 is 0. The van der Waals surface area contributed by atoms with E-state index < -0.39 is 0 Å². The monoisotopic (exact) mass is 435 g/mol. The number of benzene rings is 1. The van der Waals surface area contributed by atoms with Gasteiger partial charge in [-0.3, -0.25) is 4.99 Å². The third kappa shape index (κ3) is 7.76. The maximum Gasteiger partial charge on any atom is 0.191 e. The molecule has 6 heteroatoms. The summed E-state index contributed by atoms with van der Waals surface area (Å²) in [6, 6.07) is 6.38. The molecule has 1 aromatic rings. The van der Waals surface area contributed by atoms with Gasteiger partial charge in [0.05, 0.1) is 13.7 Å². The number of halogens is 1. The molecule has 5 nitrogen and oxygen atoms in total. The number of guanidine groups is 1. The first-order valence-electron chi connectivity index (χ1n) is 7.91. The Morgan fingerprint density at radius 1 is 1.26 bits per heavy atom. The first kappa shape index (κ1) is 21.8. The van der Waals surface area contributed by atoms with Crippen molar-refractivity contribution in [2.75, 3.05) is 20.8 Å². The Bertz CT molecular complexity index is 481. The second-order valence-electron chi connectivity index (χ2n) is 5.21. The van der Waals surface area contributed by atoms with E-state index in [9.17, 15) is 0 Å². The van der Waals surface area contributed by atoms with E-state index in [4.69, 9.17) is 9.47 Å². The molecule has 0 aromatic heterocycles. The summed E-state index contributed by atoms with van der Waals surface area (Å²) in [6.45, 7) is 7.74. The summed E-state index contributed by atoms with van der Waals surface area (Å²) in [4.78, 5) is 4.23. The lowest BCUT2D eigenvalue weighted by Crippen LogP contribution is -2.41. The molecule has 23 heavy (non-hydrogen) atoms. The molecule has 0 aliphatic rings. The number of rotatable bonds is 8. The van der Waals surface area contributed by atoms with Crippen LogP contribution in [0.3, 0.4) is 0 Å². The number of nitrogens with zero attached hydrogens (tertiary/aromatic N) is 1. The van der Waals surface area contributed by atoms with Gasteiger partial charge in [-0.2, -0.15) is 0 Å². The van der Waals surface area contributed by atoms with Gasteiger partial charge in [-0.15, -0.1) is 24.0 Å². The van der Waals surface area contributed by atoms with Crippen LogP contribution in [0.4, 0.5) is 0 Å². The van der Waals surface area contributed by atoms with Gasteiger partial charge in [0.25, 0.3) is 0 Å². The van der Waals surface area contributed by atoms with Crippen LogP contribution in [0.25, 0.3) is 0 Å². The zero-order valence-corrected chi connectivity index (χ0v) is 17.1. The second-order valence-corrected chi connectivity index (χ2v) is 5.21. The molecule has 0 fully saturated rings. The van der Waals surface area contributed by atoms with E-state index in [1.54, 1.807) is 14.2 Å². The van der Waals surface area contributed by atoms with Crippen LogP contribution in [0.1, 0.15) is 39.2 Å². The number of methoxy groups -OCH3 is 1. The highest BCUT2D eigenvalue weighted by Crippen LogP contribution is 2.28. The third-order valence-corrected chi connectivity index (χ3v) is 3.37. The lowest BCUT2D eigenvalue weighted by Gasteiger charge is -2.17. The Labute approximate surface area is 157 Å². The fourth-order valence-electron chi connectivity index (χ4n) is 1.87. The van der Waals surface area contributed by atoms with Gasteiger partial charge in [0, 0.05) is 19.6 Å². The van der Waals surface area contributed by atoms with Gasteiger partial charge in [-0.1, -0.05) is 19.9 Å². The van der Waals surface area contributed by atoms with Gasteiger partial charge < -0.3 is 20.1 Å². The molecule has 0 radical (unpaired) electrons. The van der Waals surface area contributed by atoms with Crippen LogP contribution in [0.15, 0.2) is 23.2 Å². The van der Waals surface area contributed by atoms with E-state index in [0.29, 0.717) is 19.2 Å². The van der Waals surface area contributed by atoms with Gasteiger partial charge in [0.15, 0.2) is 17.5 Å². The van der Waals surface area contributed by atoms with E-state index in [1.165, 1.54) is 0 Å². The van der Waals surface area contributed by atoms with Crippen LogP contribution in [0, 0.1) is 0 Å². The summed E-state index contributed by atoms with van der Waals surface area (Å²) in [7, 11) is 3.44. The predicted molar refractivity (Wildman–Crippen MR) is 107 cm³/mol. The van der Waals surface area contributed by atoms with Crippen LogP contribution in [0.5, 0.6) is 11.5 Å². The molecule has 0 saturated heterocycles. The van der Waals surface area contributed by atoms with E-state index in [2.05, 4.69) is 36.4 Å². The van der Waals surface area contributed by atoms with Crippen molar-refractivity contribution in [3.05, 3.63) is 23.8 Å². The molecule has 2 N–H and O–H groups in total. The van der Waals surface area contributed by atoms with Crippen molar-refractivity contribution < 1.29 is 9.47 Å². The zero-order valence-electron chi connectivity index (χ0n) is 14.8. The van der Waals surface area contributed by atoms with Crippen LogP contribution in [-0.4, -0.2) is 32.8 Å². The average Bonchev–Trinajstić information content (AvgIpc) is 2.56. The fraction of sp³-hybridized carbons (Fsp3) is 0.588. The molecule has 132 valence electrons. The van der Waals surface area contributed by atoms with Crippen LogP contribution < -0.4 is 20.1 Å². The van der Waals surface area contributed by atoms with E-state index in [0.717, 1.165) is 35.9 Å². The van der Waals surface area contributed by atoms with Gasteiger partial charge in [-0.25, -0.2) is 0 Å². The molecule has 0 aliphatic heterocycles. The summed E-state index contributed by atoms with van der Waals surface area (Å²) in [5.41, 5.74) is 1.12. The molecule has 1 aromatic carbocycles. The Hall–Kier alpha value is -1.18. The summed E-state index contributed by atoms with van der Waals surface area (Å²) in [5, 5.41) is 6.64. The van der Waals surface area contributed by atoms with Gasteiger partial charge in [0.1, 0.15) is 0 Å². The number of hydrogen-bond donors (Lipinski definition) is 2. The number of nitrogens with one attached hydrogen (secondary N) is 2. The Morgan fingerprint density at radius 3 is 2.57 bits per heavy atom. The van der Waals surface area contributed by atoms with Crippen molar-refractivity contribution in [2.45, 2.75) is 46.2 Å². The Morgan fingerprint density at radius 2 is 2.00 bits per heavy atom. The highest BCUT2D eigenvalue weighted by atomic mass is 127. The van der Waals surface area contributed by atoms with Crippen molar-refractivity contribution in [1.82, 2.24) is 10.6 Å². The second kappa shape index (κ2) is 12.3. The van der Waals surface area contributed by atoms with Crippen molar-refractivity contribution in [3.8, 4) is 11.5 Å². The topological polar surface area (TPSA) is 54.9 Å². The zero-order chi connectivity index (χ0) is 16.4. The van der Waals surface area contributed by atoms with Gasteiger partial charge >= 0.3 is 0 Å². The minimum atomic E-state index is 0. The summed E-state index contributed by atoms with van der Waals surface area (Å²) in [6.07, 6.45) is 2.03. The van der Waals surface area contributed by atoms with Crippen molar-refractivity contribution in [3.63, 3.8) is 0 Å². The number of aliphatic imine (C=N–C) groups is 1. The fourth-order valence-corrected chi connectivity index (χ4v) is 1.87. The van der Waals surface area contributed by atoms with Gasteiger partial charge in [-0.05, 0) is 37.5 Å². The molecule has 1 atom stereocenters. The van der Waals surface area contributed by atoms with E-state index >= 15 is 0 Å². The maximum absolute atomic E-state index is 5.66. The van der Waals surface area contributed by atoms with E-state index in [-0.39, 0.29) is 24.0 Å². The Balaban J connectivity index is 0.00000484. The minimum Gasteiger partial charge on any atom is -0.493 e. The van der Waals surface area contributed by atoms with Crippen LogP contribution >= 0.6 is 24.0 Å². The molecular formula is C17H30IN3O2. The summed E-state index contributed by atoms with van der Waals surface area (Å²) < 4.78 is 11.1. The minimum absolute atomic E-state index is 0. The number of ether oxygens (including phenoxy) is 2. The average molecular weight is 435 g/mol. The van der Waals surface area contributed by atoms with Crippen molar-refractivity contribution >= 4 is 29.9 Å². The maximum atomic E-state index is 5.66. The molecule has 1 rings (SSSR count). The molecule has 1 unspecified atom stereocenters. The van der Waals surface area contributed by atoms with Crippen LogP contribution in [-0.2, 0) is 6.54 Å². The highest BCUT2D eigenvalue weighted by Gasteiger charge is 2.07. The molecule has 0 heterocycles. The smallest absolute Gasteiger partial charge is 0.191 e. The lowest BCUT2D eigenvalue weighted by molar-refractivity contribution is 0.294. The van der Waals surface area contributed by atoms with E-state index in [1.807, 2.05) is 18.2 Å². The largest absolute Gasteiger partial charge is 0.493 e. The molecular weight excluding hydrogens is 405 g/mol. The standard InChI is InChI=1S/C17H29N3O2.HI/c1-6-10-22-15-9-8-14(11-16(15)21-5)12-19-17(18-4)20-13(3)7-2;/h8-9,11,13H,6-7,10,12H2,1-5H3,(H2,18,19,20);1H. The lowest BCUT2D eigenvalue weighted by atomic mass is 10.2. The van der Waals surface area contributed by atoms with Crippen LogP contribution in [0.2, 0.25) is 0 Å². The molecule has 0 aliphatic carbocycles.